The summed E-state index contributed by atoms with van der Waals surface area (Å²) in [4.78, 5) is 0. The fourth-order valence-electron chi connectivity index (χ4n) is 5.72. The molecule has 0 aliphatic carbocycles. The third kappa shape index (κ3) is 9.57. The van der Waals surface area contributed by atoms with E-state index < -0.39 is 0 Å². The first-order chi connectivity index (χ1) is 16.8. The second-order valence-electron chi connectivity index (χ2n) is 10.4. The smallest absolute Gasteiger partial charge is 0.0351 e. The molecule has 2 aromatic carbocycles. The van der Waals surface area contributed by atoms with Crippen molar-refractivity contribution in [3.63, 3.8) is 0 Å². The average molecular weight is 464 g/mol. The van der Waals surface area contributed by atoms with Gasteiger partial charge in [0.15, 0.2) is 0 Å². The van der Waals surface area contributed by atoms with E-state index in [-0.39, 0.29) is 11.5 Å². The molecule has 2 aromatic rings. The third-order valence-corrected chi connectivity index (χ3v) is 7.89. The normalized spacial score (nSPS) is 12.7. The zero-order valence-electron chi connectivity index (χ0n) is 22.4. The zero-order chi connectivity index (χ0) is 24.3. The maximum absolute atomic E-state index is 6.98. The summed E-state index contributed by atoms with van der Waals surface area (Å²) in [7, 11) is 0. The second-order valence-corrected chi connectivity index (χ2v) is 10.4. The Labute approximate surface area is 211 Å². The first-order valence-electron chi connectivity index (χ1n) is 14.6. The van der Waals surface area contributed by atoms with Crippen molar-refractivity contribution in [2.45, 2.75) is 134 Å². The molecule has 0 aliphatic rings. The molecule has 0 aromatic heterocycles. The van der Waals surface area contributed by atoms with Crippen molar-refractivity contribution in [3.05, 3.63) is 71.8 Å². The molecule has 190 valence electrons. The van der Waals surface area contributed by atoms with Crippen LogP contribution in [0.25, 0.3) is 0 Å². The highest BCUT2D eigenvalue weighted by molar-refractivity contribution is 5.41. The van der Waals surface area contributed by atoms with Gasteiger partial charge in [-0.05, 0) is 24.0 Å². The van der Waals surface area contributed by atoms with Gasteiger partial charge >= 0.3 is 0 Å². The summed E-state index contributed by atoms with van der Waals surface area (Å²) in [5, 5.41) is 0. The van der Waals surface area contributed by atoms with Crippen LogP contribution in [0.1, 0.15) is 134 Å². The lowest BCUT2D eigenvalue weighted by atomic mass is 9.66. The van der Waals surface area contributed by atoms with E-state index in [0.29, 0.717) is 0 Å². The lowest BCUT2D eigenvalue weighted by Crippen LogP contribution is -2.46. The summed E-state index contributed by atoms with van der Waals surface area (Å²) in [5.41, 5.74) is 9.60. The fourth-order valence-corrected chi connectivity index (χ4v) is 5.72. The molecule has 1 atom stereocenters. The van der Waals surface area contributed by atoms with E-state index in [2.05, 4.69) is 74.5 Å². The van der Waals surface area contributed by atoms with Gasteiger partial charge in [-0.15, -0.1) is 0 Å². The van der Waals surface area contributed by atoms with E-state index in [1.807, 2.05) is 0 Å². The van der Waals surface area contributed by atoms with Crippen LogP contribution < -0.4 is 5.73 Å². The Morgan fingerprint density at radius 2 is 0.882 bits per heavy atom. The Balaban J connectivity index is 1.64. The monoisotopic (exact) mass is 463 g/mol. The molecule has 1 nitrogen and oxygen atoms in total. The molecule has 0 spiro atoms. The van der Waals surface area contributed by atoms with Gasteiger partial charge in [-0.2, -0.15) is 0 Å². The molecule has 0 heterocycles. The Hall–Kier alpha value is -1.60. The standard InChI is InChI=1S/C33H53N/c1-3-5-6-7-8-9-10-11-12-13-14-15-16-17-24-29-32(34)33(4-2,30-25-20-18-21-26-30)31-27-22-19-23-28-31/h18-23,25-28,32H,3-17,24,29,34H2,1-2H3. The highest BCUT2D eigenvalue weighted by Gasteiger charge is 2.38. The molecule has 2 rings (SSSR count). The number of hydrogen-bond acceptors (Lipinski definition) is 1. The van der Waals surface area contributed by atoms with Gasteiger partial charge in [0.05, 0.1) is 0 Å². The van der Waals surface area contributed by atoms with E-state index in [1.54, 1.807) is 0 Å². The van der Waals surface area contributed by atoms with Crippen LogP contribution in [0.3, 0.4) is 0 Å². The van der Waals surface area contributed by atoms with E-state index in [1.165, 1.54) is 107 Å². The molecule has 0 fully saturated rings. The summed E-state index contributed by atoms with van der Waals surface area (Å²) >= 11 is 0. The maximum Gasteiger partial charge on any atom is 0.0351 e. The van der Waals surface area contributed by atoms with Crippen LogP contribution in [0, 0.1) is 0 Å². The van der Waals surface area contributed by atoms with Crippen LogP contribution >= 0.6 is 0 Å². The third-order valence-electron chi connectivity index (χ3n) is 7.89. The number of nitrogens with two attached hydrogens (primary N) is 1. The van der Waals surface area contributed by atoms with Crippen LogP contribution in [0.5, 0.6) is 0 Å². The lowest BCUT2D eigenvalue weighted by Gasteiger charge is -2.40. The number of rotatable bonds is 20. The second kappa shape index (κ2) is 17.8. The lowest BCUT2D eigenvalue weighted by molar-refractivity contribution is 0.363. The van der Waals surface area contributed by atoms with E-state index >= 15 is 0 Å². The number of hydrogen-bond donors (Lipinski definition) is 1. The van der Waals surface area contributed by atoms with Crippen molar-refractivity contribution in [1.82, 2.24) is 0 Å². The van der Waals surface area contributed by atoms with Crippen LogP contribution in [0.4, 0.5) is 0 Å². The molecule has 0 aliphatic heterocycles. The summed E-state index contributed by atoms with van der Waals surface area (Å²) in [6.07, 6.45) is 23.2. The van der Waals surface area contributed by atoms with Crippen molar-refractivity contribution in [2.24, 2.45) is 5.73 Å². The zero-order valence-corrected chi connectivity index (χ0v) is 22.4. The van der Waals surface area contributed by atoms with Gasteiger partial charge in [0.1, 0.15) is 0 Å². The van der Waals surface area contributed by atoms with Crippen molar-refractivity contribution in [1.29, 1.82) is 0 Å². The molecule has 0 saturated heterocycles. The largest absolute Gasteiger partial charge is 0.327 e. The van der Waals surface area contributed by atoms with Crippen molar-refractivity contribution in [2.75, 3.05) is 0 Å². The highest BCUT2D eigenvalue weighted by atomic mass is 14.7. The van der Waals surface area contributed by atoms with Gasteiger partial charge < -0.3 is 5.73 Å². The molecule has 0 radical (unpaired) electrons. The molecule has 0 saturated carbocycles. The molecular weight excluding hydrogens is 410 g/mol. The number of benzene rings is 2. The van der Waals surface area contributed by atoms with Gasteiger partial charge in [0.25, 0.3) is 0 Å². The Kier molecular flexibility index (Phi) is 15.0. The van der Waals surface area contributed by atoms with Crippen molar-refractivity contribution in [3.8, 4) is 0 Å². The minimum Gasteiger partial charge on any atom is -0.327 e. The maximum atomic E-state index is 6.98. The predicted molar refractivity (Wildman–Crippen MR) is 151 cm³/mol. The minimum absolute atomic E-state index is 0.0987. The van der Waals surface area contributed by atoms with E-state index in [0.717, 1.165) is 12.8 Å². The van der Waals surface area contributed by atoms with Crippen molar-refractivity contribution >= 4 is 0 Å². The first-order valence-corrected chi connectivity index (χ1v) is 14.6. The summed E-state index contributed by atoms with van der Waals surface area (Å²) in [6.45, 7) is 4.59. The Bertz CT molecular complexity index is 668. The van der Waals surface area contributed by atoms with Gasteiger partial charge in [-0.3, -0.25) is 0 Å². The molecule has 1 heteroatoms. The van der Waals surface area contributed by atoms with Gasteiger partial charge in [-0.1, -0.05) is 171 Å². The molecule has 0 bridgehead atoms. The van der Waals surface area contributed by atoms with Crippen LogP contribution in [0.15, 0.2) is 60.7 Å². The van der Waals surface area contributed by atoms with Crippen LogP contribution in [0.2, 0.25) is 0 Å². The Morgan fingerprint density at radius 1 is 0.529 bits per heavy atom. The Morgan fingerprint density at radius 3 is 1.24 bits per heavy atom. The molecule has 0 amide bonds. The van der Waals surface area contributed by atoms with Gasteiger partial charge in [-0.25, -0.2) is 0 Å². The fraction of sp³-hybridized carbons (Fsp3) is 0.636. The topological polar surface area (TPSA) is 26.0 Å². The van der Waals surface area contributed by atoms with E-state index in [9.17, 15) is 0 Å². The molecule has 1 unspecified atom stereocenters. The summed E-state index contributed by atoms with van der Waals surface area (Å²) in [6, 6.07) is 22.0. The van der Waals surface area contributed by atoms with Crippen LogP contribution in [-0.2, 0) is 5.41 Å². The summed E-state index contributed by atoms with van der Waals surface area (Å²) in [5.74, 6) is 0. The van der Waals surface area contributed by atoms with Crippen molar-refractivity contribution < 1.29 is 0 Å². The molecular formula is C33H53N. The van der Waals surface area contributed by atoms with Crippen LogP contribution in [-0.4, -0.2) is 6.04 Å². The minimum atomic E-state index is -0.0987. The SMILES string of the molecule is CCCCCCCCCCCCCCCCCC(N)C(CC)(c1ccccc1)c1ccccc1. The van der Waals surface area contributed by atoms with Gasteiger partial charge in [0.2, 0.25) is 0 Å². The molecule has 34 heavy (non-hydrogen) atoms. The summed E-state index contributed by atoms with van der Waals surface area (Å²) < 4.78 is 0. The molecule has 2 N–H and O–H groups in total. The quantitative estimate of drug-likeness (QED) is 0.194. The first kappa shape index (κ1) is 28.6. The van der Waals surface area contributed by atoms with Gasteiger partial charge in [0, 0.05) is 11.5 Å². The predicted octanol–water partition coefficient (Wildman–Crippen LogP) is 9.97. The highest BCUT2D eigenvalue weighted by Crippen LogP contribution is 2.39. The average Bonchev–Trinajstić information content (AvgIpc) is 2.88. The number of unbranched alkanes of at least 4 members (excludes halogenated alkanes) is 14. The van der Waals surface area contributed by atoms with E-state index in [4.69, 9.17) is 5.73 Å².